The minimum Gasteiger partial charge on any atom is -0.497 e. The SMILES string of the molecule is CCn1cc(/C=C2/Oc3c(ccc(OC(=O)c4ccccc4F)c3C)C2=O)c2cc(OC)ccc21. The number of benzene rings is 3. The van der Waals surface area contributed by atoms with E-state index >= 15 is 0 Å². The fourth-order valence-electron chi connectivity index (χ4n) is 4.21. The van der Waals surface area contributed by atoms with Gasteiger partial charge in [0.1, 0.15) is 23.1 Å². The third-order valence-electron chi connectivity index (χ3n) is 6.08. The molecule has 0 saturated heterocycles. The molecule has 4 aromatic rings. The van der Waals surface area contributed by atoms with E-state index < -0.39 is 11.8 Å². The van der Waals surface area contributed by atoms with Gasteiger partial charge in [0.15, 0.2) is 5.76 Å². The van der Waals surface area contributed by atoms with Crippen LogP contribution in [-0.4, -0.2) is 23.4 Å². The first-order valence-electron chi connectivity index (χ1n) is 11.1. The Labute approximate surface area is 201 Å². The van der Waals surface area contributed by atoms with Crippen LogP contribution in [0.4, 0.5) is 4.39 Å². The lowest BCUT2D eigenvalue weighted by Gasteiger charge is -2.10. The van der Waals surface area contributed by atoms with Crippen LogP contribution in [-0.2, 0) is 6.54 Å². The third kappa shape index (κ3) is 3.85. The van der Waals surface area contributed by atoms with E-state index in [1.54, 1.807) is 32.2 Å². The van der Waals surface area contributed by atoms with Crippen LogP contribution in [0.25, 0.3) is 17.0 Å². The number of aromatic nitrogens is 1. The van der Waals surface area contributed by atoms with E-state index in [9.17, 15) is 14.0 Å². The molecule has 176 valence electrons. The van der Waals surface area contributed by atoms with Gasteiger partial charge in [-0.3, -0.25) is 4.79 Å². The maximum Gasteiger partial charge on any atom is 0.346 e. The highest BCUT2D eigenvalue weighted by Crippen LogP contribution is 2.40. The van der Waals surface area contributed by atoms with Gasteiger partial charge in [-0.25, -0.2) is 9.18 Å². The second kappa shape index (κ2) is 8.76. The molecule has 2 heterocycles. The summed E-state index contributed by atoms with van der Waals surface area (Å²) in [6, 6.07) is 14.5. The van der Waals surface area contributed by atoms with Gasteiger partial charge in [0.05, 0.1) is 18.2 Å². The molecule has 0 unspecified atom stereocenters. The van der Waals surface area contributed by atoms with Crippen LogP contribution in [0.15, 0.2) is 66.6 Å². The number of hydrogen-bond donors (Lipinski definition) is 0. The van der Waals surface area contributed by atoms with Crippen molar-refractivity contribution in [3.8, 4) is 17.2 Å². The number of methoxy groups -OCH3 is 1. The summed E-state index contributed by atoms with van der Waals surface area (Å²) in [7, 11) is 1.61. The predicted molar refractivity (Wildman–Crippen MR) is 130 cm³/mol. The molecule has 0 atom stereocenters. The molecule has 1 aromatic heterocycles. The highest BCUT2D eigenvalue weighted by Gasteiger charge is 2.31. The molecule has 0 saturated carbocycles. The van der Waals surface area contributed by atoms with E-state index in [0.29, 0.717) is 22.6 Å². The molecular weight excluding hydrogens is 449 g/mol. The number of nitrogens with zero attached hydrogens (tertiary/aromatic N) is 1. The van der Waals surface area contributed by atoms with E-state index in [1.807, 2.05) is 31.3 Å². The number of Topliss-reactive ketones (excluding diaryl/α,β-unsaturated/α-hetero) is 1. The number of ketones is 1. The Morgan fingerprint density at radius 1 is 1.14 bits per heavy atom. The van der Waals surface area contributed by atoms with E-state index in [4.69, 9.17) is 14.2 Å². The van der Waals surface area contributed by atoms with Gasteiger partial charge >= 0.3 is 5.97 Å². The molecule has 0 amide bonds. The lowest BCUT2D eigenvalue weighted by molar-refractivity contribution is 0.0728. The molecule has 1 aliphatic rings. The molecule has 0 radical (unpaired) electrons. The first-order valence-corrected chi connectivity index (χ1v) is 11.1. The zero-order valence-electron chi connectivity index (χ0n) is 19.4. The summed E-state index contributed by atoms with van der Waals surface area (Å²) in [5, 5.41) is 0.933. The van der Waals surface area contributed by atoms with Gasteiger partial charge in [-0.1, -0.05) is 12.1 Å². The quantitative estimate of drug-likeness (QED) is 0.204. The second-order valence-electron chi connectivity index (χ2n) is 8.13. The Hall–Kier alpha value is -4.39. The maximum atomic E-state index is 14.0. The summed E-state index contributed by atoms with van der Waals surface area (Å²) < 4.78 is 32.8. The van der Waals surface area contributed by atoms with Gasteiger partial charge in [0, 0.05) is 34.8 Å². The minimum atomic E-state index is -0.826. The van der Waals surface area contributed by atoms with Crippen molar-refractivity contribution in [3.63, 3.8) is 0 Å². The van der Waals surface area contributed by atoms with Crippen LogP contribution in [0, 0.1) is 12.7 Å². The van der Waals surface area contributed by atoms with E-state index in [2.05, 4.69) is 4.57 Å². The third-order valence-corrected chi connectivity index (χ3v) is 6.08. The number of allylic oxidation sites excluding steroid dienone is 1. The molecular formula is C28H22FNO5. The number of aryl methyl sites for hydroxylation is 1. The number of carbonyl (C=O) groups is 2. The lowest BCUT2D eigenvalue weighted by Crippen LogP contribution is -2.11. The zero-order chi connectivity index (χ0) is 24.7. The predicted octanol–water partition coefficient (Wildman–Crippen LogP) is 5.95. The summed E-state index contributed by atoms with van der Waals surface area (Å²) >= 11 is 0. The number of esters is 1. The number of halogens is 1. The van der Waals surface area contributed by atoms with Gasteiger partial charge < -0.3 is 18.8 Å². The number of hydrogen-bond acceptors (Lipinski definition) is 5. The Kier molecular flexibility index (Phi) is 5.61. The largest absolute Gasteiger partial charge is 0.497 e. The Morgan fingerprint density at radius 3 is 2.69 bits per heavy atom. The van der Waals surface area contributed by atoms with Crippen LogP contribution in [0.2, 0.25) is 0 Å². The van der Waals surface area contributed by atoms with Crippen molar-refractivity contribution in [3.05, 3.63) is 94.6 Å². The molecule has 0 N–H and O–H groups in total. The molecule has 0 aliphatic carbocycles. The molecule has 0 spiro atoms. The minimum absolute atomic E-state index is 0.165. The van der Waals surface area contributed by atoms with Crippen molar-refractivity contribution >= 4 is 28.7 Å². The average molecular weight is 471 g/mol. The second-order valence-corrected chi connectivity index (χ2v) is 8.13. The smallest absolute Gasteiger partial charge is 0.346 e. The highest BCUT2D eigenvalue weighted by atomic mass is 19.1. The first kappa shape index (κ1) is 22.4. The summed E-state index contributed by atoms with van der Waals surface area (Å²) in [4.78, 5) is 25.6. The number of fused-ring (bicyclic) bond motifs is 2. The van der Waals surface area contributed by atoms with Crippen LogP contribution in [0.3, 0.4) is 0 Å². The van der Waals surface area contributed by atoms with Gasteiger partial charge in [-0.2, -0.15) is 0 Å². The summed E-state index contributed by atoms with van der Waals surface area (Å²) in [6.45, 7) is 4.49. The van der Waals surface area contributed by atoms with Crippen molar-refractivity contribution in [2.24, 2.45) is 0 Å². The number of rotatable bonds is 5. The van der Waals surface area contributed by atoms with Crippen molar-refractivity contribution in [1.82, 2.24) is 4.57 Å². The van der Waals surface area contributed by atoms with Gasteiger partial charge in [0.25, 0.3) is 0 Å². The Morgan fingerprint density at radius 2 is 1.94 bits per heavy atom. The van der Waals surface area contributed by atoms with Crippen molar-refractivity contribution < 1.29 is 28.2 Å². The normalized spacial score (nSPS) is 13.7. The summed E-state index contributed by atoms with van der Waals surface area (Å²) in [5.41, 5.74) is 2.51. The average Bonchev–Trinajstić information content (AvgIpc) is 3.38. The standard InChI is InChI=1S/C28H22FNO5/c1-4-30-15-17(21-14-18(33-3)9-11-23(21)30)13-25-26(31)20-10-12-24(16(2)27(20)34-25)35-28(32)19-7-5-6-8-22(19)29/h5-15H,4H2,1-3H3/b25-13+. The van der Waals surface area contributed by atoms with Crippen LogP contribution < -0.4 is 14.2 Å². The van der Waals surface area contributed by atoms with E-state index in [1.165, 1.54) is 24.3 Å². The zero-order valence-corrected chi connectivity index (χ0v) is 19.4. The van der Waals surface area contributed by atoms with Gasteiger partial charge in [-0.15, -0.1) is 0 Å². The Bertz CT molecular complexity index is 1530. The summed E-state index contributed by atoms with van der Waals surface area (Å²) in [5.74, 6) is -0.377. The monoisotopic (exact) mass is 471 g/mol. The molecule has 0 fully saturated rings. The topological polar surface area (TPSA) is 66.8 Å². The van der Waals surface area contributed by atoms with Crippen molar-refractivity contribution in [2.75, 3.05) is 7.11 Å². The number of ether oxygens (including phenoxy) is 3. The highest BCUT2D eigenvalue weighted by molar-refractivity contribution is 6.15. The van der Waals surface area contributed by atoms with Gasteiger partial charge in [-0.05, 0) is 62.4 Å². The molecule has 7 heteroatoms. The van der Waals surface area contributed by atoms with Gasteiger partial charge in [0.2, 0.25) is 5.78 Å². The van der Waals surface area contributed by atoms with Crippen LogP contribution in [0.1, 0.15) is 38.8 Å². The molecule has 1 aliphatic heterocycles. The fraction of sp³-hybridized carbons (Fsp3) is 0.143. The fourth-order valence-corrected chi connectivity index (χ4v) is 4.21. The molecule has 0 bridgehead atoms. The first-order chi connectivity index (χ1) is 16.9. The molecule has 6 nitrogen and oxygen atoms in total. The van der Waals surface area contributed by atoms with Crippen molar-refractivity contribution in [2.45, 2.75) is 20.4 Å². The van der Waals surface area contributed by atoms with E-state index in [-0.39, 0.29) is 22.9 Å². The molecule has 35 heavy (non-hydrogen) atoms. The molecule has 3 aromatic carbocycles. The number of carbonyl (C=O) groups excluding carboxylic acids is 2. The van der Waals surface area contributed by atoms with Crippen LogP contribution in [0.5, 0.6) is 17.2 Å². The molecule has 5 rings (SSSR count). The lowest BCUT2D eigenvalue weighted by atomic mass is 10.1. The summed E-state index contributed by atoms with van der Waals surface area (Å²) in [6.07, 6.45) is 3.67. The van der Waals surface area contributed by atoms with Crippen LogP contribution >= 0.6 is 0 Å². The van der Waals surface area contributed by atoms with E-state index in [0.717, 1.165) is 23.0 Å². The maximum absolute atomic E-state index is 14.0. The van der Waals surface area contributed by atoms with Crippen molar-refractivity contribution in [1.29, 1.82) is 0 Å². The Balaban J connectivity index is 1.49.